The summed E-state index contributed by atoms with van der Waals surface area (Å²) in [6.07, 6.45) is 0. The molecule has 0 heterocycles. The first-order valence-electron chi connectivity index (χ1n) is 3.61. The van der Waals surface area contributed by atoms with Crippen LogP contribution in [0.2, 0.25) is 0 Å². The lowest BCUT2D eigenvalue weighted by atomic mass is 10.1. The van der Waals surface area contributed by atoms with Crippen LogP contribution >= 0.6 is 15.9 Å². The molecule has 0 amide bonds. The second-order valence-corrected chi connectivity index (χ2v) is 3.34. The summed E-state index contributed by atoms with van der Waals surface area (Å²) < 4.78 is 17.7. The van der Waals surface area contributed by atoms with Crippen LogP contribution in [0, 0.1) is 12.7 Å². The average Bonchev–Trinajstić information content (AvgIpc) is 2.12. The largest absolute Gasteiger partial charge is 0.465 e. The zero-order valence-corrected chi connectivity index (χ0v) is 8.81. The van der Waals surface area contributed by atoms with E-state index >= 15 is 0 Å². The van der Waals surface area contributed by atoms with Crippen LogP contribution in [-0.4, -0.2) is 13.1 Å². The van der Waals surface area contributed by atoms with Crippen LogP contribution < -0.4 is 0 Å². The molecule has 0 aromatic heterocycles. The average molecular weight is 247 g/mol. The summed E-state index contributed by atoms with van der Waals surface area (Å²) in [5.74, 6) is -1.00. The fraction of sp³-hybridized carbons (Fsp3) is 0.222. The van der Waals surface area contributed by atoms with Gasteiger partial charge in [-0.2, -0.15) is 0 Å². The Morgan fingerprint density at radius 2 is 2.15 bits per heavy atom. The quantitative estimate of drug-likeness (QED) is 0.713. The first-order valence-corrected chi connectivity index (χ1v) is 4.40. The van der Waals surface area contributed by atoms with Crippen molar-refractivity contribution in [2.24, 2.45) is 0 Å². The number of aryl methyl sites for hydroxylation is 1. The van der Waals surface area contributed by atoms with Gasteiger partial charge in [0, 0.05) is 0 Å². The van der Waals surface area contributed by atoms with E-state index in [1.165, 1.54) is 19.2 Å². The summed E-state index contributed by atoms with van der Waals surface area (Å²) in [6.45, 7) is 1.72. The van der Waals surface area contributed by atoms with Crippen molar-refractivity contribution in [2.45, 2.75) is 6.92 Å². The van der Waals surface area contributed by atoms with Crippen LogP contribution in [0.3, 0.4) is 0 Å². The predicted octanol–water partition coefficient (Wildman–Crippen LogP) is 2.68. The van der Waals surface area contributed by atoms with Crippen molar-refractivity contribution in [1.82, 2.24) is 0 Å². The second kappa shape index (κ2) is 3.87. The van der Waals surface area contributed by atoms with E-state index in [2.05, 4.69) is 20.7 Å². The van der Waals surface area contributed by atoms with E-state index in [1.807, 2.05) is 0 Å². The first kappa shape index (κ1) is 10.2. The number of hydrogen-bond acceptors (Lipinski definition) is 2. The topological polar surface area (TPSA) is 26.3 Å². The Morgan fingerprint density at radius 1 is 1.54 bits per heavy atom. The number of halogens is 2. The molecule has 0 aliphatic heterocycles. The Balaban J connectivity index is 3.33. The van der Waals surface area contributed by atoms with E-state index in [0.717, 1.165) is 0 Å². The summed E-state index contributed by atoms with van der Waals surface area (Å²) in [4.78, 5) is 11.2. The molecule has 0 atom stereocenters. The van der Waals surface area contributed by atoms with E-state index in [4.69, 9.17) is 0 Å². The van der Waals surface area contributed by atoms with Crippen LogP contribution in [-0.2, 0) is 4.74 Å². The highest BCUT2D eigenvalue weighted by Gasteiger charge is 2.16. The van der Waals surface area contributed by atoms with Gasteiger partial charge >= 0.3 is 5.97 Å². The molecule has 1 rings (SSSR count). The lowest BCUT2D eigenvalue weighted by Crippen LogP contribution is -2.05. The SMILES string of the molecule is COC(=O)c1c(C)ccc(F)c1Br. The molecule has 0 aliphatic carbocycles. The third kappa shape index (κ3) is 1.88. The number of carbonyl (C=O) groups excluding carboxylic acids is 1. The van der Waals surface area contributed by atoms with Crippen LogP contribution in [0.1, 0.15) is 15.9 Å². The molecule has 0 unspecified atom stereocenters. The highest BCUT2D eigenvalue weighted by atomic mass is 79.9. The number of carbonyl (C=O) groups is 1. The van der Waals surface area contributed by atoms with Gasteiger partial charge < -0.3 is 4.74 Å². The molecule has 0 saturated heterocycles. The molecule has 0 saturated carbocycles. The fourth-order valence-corrected chi connectivity index (χ4v) is 1.61. The van der Waals surface area contributed by atoms with Gasteiger partial charge in [0.2, 0.25) is 0 Å². The van der Waals surface area contributed by atoms with Crippen LogP contribution in [0.15, 0.2) is 16.6 Å². The smallest absolute Gasteiger partial charge is 0.339 e. The summed E-state index contributed by atoms with van der Waals surface area (Å²) in [5, 5.41) is 0. The van der Waals surface area contributed by atoms with Gasteiger partial charge in [0.05, 0.1) is 17.1 Å². The molecule has 0 radical (unpaired) electrons. The van der Waals surface area contributed by atoms with E-state index in [-0.39, 0.29) is 10.0 Å². The predicted molar refractivity (Wildman–Crippen MR) is 50.2 cm³/mol. The molecule has 13 heavy (non-hydrogen) atoms. The summed E-state index contributed by atoms with van der Waals surface area (Å²) >= 11 is 3.00. The zero-order valence-electron chi connectivity index (χ0n) is 7.23. The van der Waals surface area contributed by atoms with Crippen molar-refractivity contribution < 1.29 is 13.9 Å². The molecule has 0 aliphatic rings. The fourth-order valence-electron chi connectivity index (χ4n) is 1.000. The van der Waals surface area contributed by atoms with E-state index in [9.17, 15) is 9.18 Å². The van der Waals surface area contributed by atoms with Crippen molar-refractivity contribution in [3.63, 3.8) is 0 Å². The third-order valence-corrected chi connectivity index (χ3v) is 2.47. The molecule has 0 fully saturated rings. The minimum Gasteiger partial charge on any atom is -0.465 e. The molecule has 1 aromatic rings. The second-order valence-electron chi connectivity index (χ2n) is 2.54. The van der Waals surface area contributed by atoms with Crippen molar-refractivity contribution in [3.8, 4) is 0 Å². The molecule has 1 aromatic carbocycles. The van der Waals surface area contributed by atoms with Gasteiger partial charge in [0.25, 0.3) is 0 Å². The molecule has 0 N–H and O–H groups in total. The monoisotopic (exact) mass is 246 g/mol. The number of benzene rings is 1. The Kier molecular flexibility index (Phi) is 3.03. The number of ether oxygens (including phenoxy) is 1. The molecule has 70 valence electrons. The minimum atomic E-state index is -0.538. The van der Waals surface area contributed by atoms with Gasteiger partial charge in [-0.3, -0.25) is 0 Å². The van der Waals surface area contributed by atoms with E-state index in [1.54, 1.807) is 6.92 Å². The number of methoxy groups -OCH3 is 1. The van der Waals surface area contributed by atoms with E-state index < -0.39 is 11.8 Å². The summed E-state index contributed by atoms with van der Waals surface area (Å²) in [5.41, 5.74) is 0.919. The maximum atomic E-state index is 13.0. The molecule has 4 heteroatoms. The normalized spacial score (nSPS) is 9.85. The Hall–Kier alpha value is -0.900. The maximum absolute atomic E-state index is 13.0. The Morgan fingerprint density at radius 3 is 2.69 bits per heavy atom. The van der Waals surface area contributed by atoms with Crippen molar-refractivity contribution >= 4 is 21.9 Å². The summed E-state index contributed by atoms with van der Waals surface area (Å²) in [7, 11) is 1.26. The first-order chi connectivity index (χ1) is 6.07. The highest BCUT2D eigenvalue weighted by Crippen LogP contribution is 2.24. The van der Waals surface area contributed by atoms with Gasteiger partial charge in [-0.15, -0.1) is 0 Å². The van der Waals surface area contributed by atoms with Crippen LogP contribution in [0.25, 0.3) is 0 Å². The molecular weight excluding hydrogens is 239 g/mol. The van der Waals surface area contributed by atoms with Gasteiger partial charge in [0.1, 0.15) is 5.82 Å². The van der Waals surface area contributed by atoms with Crippen molar-refractivity contribution in [1.29, 1.82) is 0 Å². The van der Waals surface area contributed by atoms with Crippen LogP contribution in [0.5, 0.6) is 0 Å². The highest BCUT2D eigenvalue weighted by molar-refractivity contribution is 9.10. The van der Waals surface area contributed by atoms with Crippen LogP contribution in [0.4, 0.5) is 4.39 Å². The lowest BCUT2D eigenvalue weighted by Gasteiger charge is -2.06. The van der Waals surface area contributed by atoms with E-state index in [0.29, 0.717) is 5.56 Å². The van der Waals surface area contributed by atoms with Gasteiger partial charge in [0.15, 0.2) is 0 Å². The number of esters is 1. The van der Waals surface area contributed by atoms with Gasteiger partial charge in [-0.25, -0.2) is 9.18 Å². The molecular formula is C9H8BrFO2. The third-order valence-electron chi connectivity index (χ3n) is 1.69. The van der Waals surface area contributed by atoms with Crippen molar-refractivity contribution in [3.05, 3.63) is 33.5 Å². The minimum absolute atomic E-state index is 0.152. The standard InChI is InChI=1S/C9H8BrFO2/c1-5-3-4-6(11)8(10)7(5)9(12)13-2/h3-4H,1-2H3. The Bertz CT molecular complexity index is 350. The molecule has 0 bridgehead atoms. The molecule has 2 nitrogen and oxygen atoms in total. The Labute approximate surface area is 83.8 Å². The van der Waals surface area contributed by atoms with Gasteiger partial charge in [-0.1, -0.05) is 6.07 Å². The zero-order chi connectivity index (χ0) is 10.0. The van der Waals surface area contributed by atoms with Crippen molar-refractivity contribution in [2.75, 3.05) is 7.11 Å². The maximum Gasteiger partial charge on any atom is 0.339 e. The molecule has 0 spiro atoms. The number of rotatable bonds is 1. The summed E-state index contributed by atoms with van der Waals surface area (Å²) in [6, 6.07) is 2.83. The number of hydrogen-bond donors (Lipinski definition) is 0. The van der Waals surface area contributed by atoms with Gasteiger partial charge in [-0.05, 0) is 34.5 Å². The lowest BCUT2D eigenvalue weighted by molar-refractivity contribution is 0.0598.